The predicted molar refractivity (Wildman–Crippen MR) is 103 cm³/mol. The fourth-order valence-electron chi connectivity index (χ4n) is 3.68. The summed E-state index contributed by atoms with van der Waals surface area (Å²) >= 11 is 0. The molecule has 1 saturated heterocycles. The second kappa shape index (κ2) is 7.44. The molecule has 1 fully saturated rings. The number of hydrogen-bond donors (Lipinski definition) is 1. The molecular formula is C20H24N6O. The van der Waals surface area contributed by atoms with Crippen LogP contribution in [-0.2, 0) is 17.8 Å². The SMILES string of the molecule is Cc1ccc(CC(=O)N2CC[C@@H](c3nn(CCN)c4nccnc34)C2)cc1. The maximum atomic E-state index is 12.7. The van der Waals surface area contributed by atoms with E-state index in [9.17, 15) is 4.79 Å². The van der Waals surface area contributed by atoms with Crippen LogP contribution in [0.5, 0.6) is 0 Å². The molecule has 0 saturated carbocycles. The molecule has 0 bridgehead atoms. The molecule has 0 spiro atoms. The summed E-state index contributed by atoms with van der Waals surface area (Å²) in [6, 6.07) is 8.14. The number of nitrogens with two attached hydrogens (primary N) is 1. The van der Waals surface area contributed by atoms with Crippen molar-refractivity contribution in [2.75, 3.05) is 19.6 Å². The van der Waals surface area contributed by atoms with E-state index in [0.717, 1.165) is 35.4 Å². The fourth-order valence-corrected chi connectivity index (χ4v) is 3.68. The highest BCUT2D eigenvalue weighted by atomic mass is 16.2. The van der Waals surface area contributed by atoms with Crippen molar-refractivity contribution in [3.05, 3.63) is 53.5 Å². The molecule has 2 N–H and O–H groups in total. The molecular weight excluding hydrogens is 340 g/mol. The van der Waals surface area contributed by atoms with E-state index in [1.54, 1.807) is 12.4 Å². The van der Waals surface area contributed by atoms with Gasteiger partial charge < -0.3 is 10.6 Å². The Kier molecular flexibility index (Phi) is 4.85. The maximum Gasteiger partial charge on any atom is 0.227 e. The van der Waals surface area contributed by atoms with Crippen molar-refractivity contribution in [1.29, 1.82) is 0 Å². The fraction of sp³-hybridized carbons (Fsp3) is 0.400. The molecule has 1 amide bonds. The third kappa shape index (κ3) is 3.55. The van der Waals surface area contributed by atoms with Gasteiger partial charge in [0.2, 0.25) is 5.91 Å². The van der Waals surface area contributed by atoms with E-state index < -0.39 is 0 Å². The van der Waals surface area contributed by atoms with Gasteiger partial charge in [0.15, 0.2) is 5.65 Å². The number of aryl methyl sites for hydroxylation is 1. The summed E-state index contributed by atoms with van der Waals surface area (Å²) in [5.74, 6) is 0.350. The average molecular weight is 364 g/mol. The number of amides is 1. The van der Waals surface area contributed by atoms with Crippen LogP contribution in [0.25, 0.3) is 11.2 Å². The first-order valence-corrected chi connectivity index (χ1v) is 9.36. The Hall–Kier alpha value is -2.80. The Morgan fingerprint density at radius 2 is 2.00 bits per heavy atom. The number of fused-ring (bicyclic) bond motifs is 1. The van der Waals surface area contributed by atoms with Gasteiger partial charge in [-0.3, -0.25) is 4.79 Å². The van der Waals surface area contributed by atoms with E-state index >= 15 is 0 Å². The Morgan fingerprint density at radius 3 is 2.78 bits per heavy atom. The molecule has 3 aromatic rings. The molecule has 3 heterocycles. The lowest BCUT2D eigenvalue weighted by atomic mass is 10.0. The van der Waals surface area contributed by atoms with Crippen molar-refractivity contribution in [2.24, 2.45) is 5.73 Å². The maximum absolute atomic E-state index is 12.7. The number of rotatable bonds is 5. The topological polar surface area (TPSA) is 89.9 Å². The van der Waals surface area contributed by atoms with Gasteiger partial charge in [-0.2, -0.15) is 5.10 Å². The average Bonchev–Trinajstić information content (AvgIpc) is 3.29. The predicted octanol–water partition coefficient (Wildman–Crippen LogP) is 1.65. The van der Waals surface area contributed by atoms with E-state index in [2.05, 4.69) is 9.97 Å². The summed E-state index contributed by atoms with van der Waals surface area (Å²) in [4.78, 5) is 23.5. The van der Waals surface area contributed by atoms with Crippen LogP contribution < -0.4 is 5.73 Å². The molecule has 0 radical (unpaired) electrons. The van der Waals surface area contributed by atoms with Gasteiger partial charge in [0, 0.05) is 37.9 Å². The molecule has 7 heteroatoms. The van der Waals surface area contributed by atoms with Crippen LogP contribution in [0.2, 0.25) is 0 Å². The second-order valence-electron chi connectivity index (χ2n) is 7.11. The monoisotopic (exact) mass is 364 g/mol. The van der Waals surface area contributed by atoms with E-state index in [0.29, 0.717) is 26.1 Å². The number of likely N-dealkylation sites (tertiary alicyclic amines) is 1. The van der Waals surface area contributed by atoms with Crippen LogP contribution in [-0.4, -0.2) is 50.2 Å². The number of hydrogen-bond acceptors (Lipinski definition) is 5. The normalized spacial score (nSPS) is 17.0. The van der Waals surface area contributed by atoms with Crippen molar-refractivity contribution < 1.29 is 4.79 Å². The summed E-state index contributed by atoms with van der Waals surface area (Å²) in [7, 11) is 0. The van der Waals surface area contributed by atoms with Crippen LogP contribution in [0.4, 0.5) is 0 Å². The first-order valence-electron chi connectivity index (χ1n) is 9.36. The molecule has 140 valence electrons. The number of nitrogens with zero attached hydrogens (tertiary/aromatic N) is 5. The van der Waals surface area contributed by atoms with Crippen molar-refractivity contribution in [3.8, 4) is 0 Å². The minimum Gasteiger partial charge on any atom is -0.342 e. The smallest absolute Gasteiger partial charge is 0.227 e. The molecule has 4 rings (SSSR count). The molecule has 0 aliphatic carbocycles. The van der Waals surface area contributed by atoms with Gasteiger partial charge in [-0.15, -0.1) is 0 Å². The van der Waals surface area contributed by atoms with Crippen LogP contribution in [0, 0.1) is 6.92 Å². The highest BCUT2D eigenvalue weighted by Gasteiger charge is 2.31. The Balaban J connectivity index is 1.50. The lowest BCUT2D eigenvalue weighted by molar-refractivity contribution is -0.129. The molecule has 1 aromatic carbocycles. The minimum absolute atomic E-state index is 0.165. The highest BCUT2D eigenvalue weighted by molar-refractivity contribution is 5.79. The number of carbonyl (C=O) groups is 1. The first-order chi connectivity index (χ1) is 13.2. The second-order valence-corrected chi connectivity index (χ2v) is 7.11. The molecule has 7 nitrogen and oxygen atoms in total. The third-order valence-corrected chi connectivity index (χ3v) is 5.14. The molecule has 1 atom stereocenters. The largest absolute Gasteiger partial charge is 0.342 e. The van der Waals surface area contributed by atoms with E-state index in [4.69, 9.17) is 10.8 Å². The van der Waals surface area contributed by atoms with E-state index in [1.807, 2.05) is 40.8 Å². The third-order valence-electron chi connectivity index (χ3n) is 5.14. The van der Waals surface area contributed by atoms with Crippen LogP contribution in [0.3, 0.4) is 0 Å². The highest BCUT2D eigenvalue weighted by Crippen LogP contribution is 2.30. The summed E-state index contributed by atoms with van der Waals surface area (Å²) < 4.78 is 1.83. The van der Waals surface area contributed by atoms with Gasteiger partial charge >= 0.3 is 0 Å². The zero-order valence-corrected chi connectivity index (χ0v) is 15.5. The van der Waals surface area contributed by atoms with Gasteiger partial charge in [0.25, 0.3) is 0 Å². The summed E-state index contributed by atoms with van der Waals surface area (Å²) in [6.07, 6.45) is 4.70. The lowest BCUT2D eigenvalue weighted by Gasteiger charge is -2.16. The molecule has 1 aliphatic rings. The summed E-state index contributed by atoms with van der Waals surface area (Å²) in [6.45, 7) is 4.58. The van der Waals surface area contributed by atoms with Crippen molar-refractivity contribution in [1.82, 2.24) is 24.6 Å². The van der Waals surface area contributed by atoms with Crippen LogP contribution in [0.1, 0.15) is 29.2 Å². The molecule has 2 aromatic heterocycles. The van der Waals surface area contributed by atoms with Gasteiger partial charge in [0.05, 0.1) is 18.7 Å². The van der Waals surface area contributed by atoms with E-state index in [-0.39, 0.29) is 11.8 Å². The van der Waals surface area contributed by atoms with Crippen LogP contribution in [0.15, 0.2) is 36.7 Å². The lowest BCUT2D eigenvalue weighted by Crippen LogP contribution is -2.30. The van der Waals surface area contributed by atoms with Gasteiger partial charge in [0.1, 0.15) is 5.52 Å². The van der Waals surface area contributed by atoms with Crippen LogP contribution >= 0.6 is 0 Å². The Morgan fingerprint density at radius 1 is 1.22 bits per heavy atom. The molecule has 27 heavy (non-hydrogen) atoms. The van der Waals surface area contributed by atoms with Gasteiger partial charge in [-0.1, -0.05) is 29.8 Å². The summed E-state index contributed by atoms with van der Waals surface area (Å²) in [5.41, 5.74) is 10.5. The number of aromatic nitrogens is 4. The quantitative estimate of drug-likeness (QED) is 0.743. The first kappa shape index (κ1) is 17.6. The Bertz CT molecular complexity index is 949. The van der Waals surface area contributed by atoms with E-state index in [1.165, 1.54) is 5.56 Å². The number of benzene rings is 1. The van der Waals surface area contributed by atoms with Crippen molar-refractivity contribution >= 4 is 17.1 Å². The zero-order chi connectivity index (χ0) is 18.8. The van der Waals surface area contributed by atoms with Gasteiger partial charge in [-0.05, 0) is 18.9 Å². The number of carbonyl (C=O) groups excluding carboxylic acids is 1. The standard InChI is InChI=1S/C20H24N6O/c1-14-2-4-15(5-3-14)12-17(27)25-10-6-16(13-25)18-19-20(23-9-8-22-19)26(24-18)11-7-21/h2-5,8-9,16H,6-7,10-13,21H2,1H3/t16-/m1/s1. The minimum atomic E-state index is 0.165. The Labute approximate surface area is 158 Å². The zero-order valence-electron chi connectivity index (χ0n) is 15.5. The van der Waals surface area contributed by atoms with Crippen molar-refractivity contribution in [3.63, 3.8) is 0 Å². The van der Waals surface area contributed by atoms with Crippen molar-refractivity contribution in [2.45, 2.75) is 32.2 Å². The summed E-state index contributed by atoms with van der Waals surface area (Å²) in [5, 5.41) is 4.72. The molecule has 0 unspecified atom stereocenters. The van der Waals surface area contributed by atoms with Gasteiger partial charge in [-0.25, -0.2) is 14.6 Å². The molecule has 1 aliphatic heterocycles.